The molecule has 2 amide bonds. The van der Waals surface area contributed by atoms with Crippen LogP contribution in [-0.2, 0) is 38.9 Å². The maximum absolute atomic E-state index is 13.2. The first-order chi connectivity index (χ1) is 13.9. The van der Waals surface area contributed by atoms with Crippen molar-refractivity contribution in [3.8, 4) is 0 Å². The highest BCUT2D eigenvalue weighted by atomic mass is 32.2. The first kappa shape index (κ1) is 20.9. The number of carbonyl (C=O) groups is 2. The van der Waals surface area contributed by atoms with Gasteiger partial charge in [0.2, 0.25) is 11.8 Å². The van der Waals surface area contributed by atoms with Crippen LogP contribution in [0.2, 0.25) is 0 Å². The minimum absolute atomic E-state index is 0.0313. The van der Waals surface area contributed by atoms with Crippen LogP contribution in [0.1, 0.15) is 23.3 Å². The number of sulfone groups is 1. The average Bonchev–Trinajstić information content (AvgIpc) is 3.34. The number of hydrogen-bond donors (Lipinski definition) is 1. The minimum Gasteiger partial charge on any atom is -0.467 e. The van der Waals surface area contributed by atoms with Crippen molar-refractivity contribution in [2.24, 2.45) is 0 Å². The van der Waals surface area contributed by atoms with Gasteiger partial charge in [-0.15, -0.1) is 0 Å². The number of nitrogens with zero attached hydrogens (tertiary/aromatic N) is 1. The molecule has 1 aromatic heterocycles. The molecule has 1 atom stereocenters. The molecule has 0 spiro atoms. The summed E-state index contributed by atoms with van der Waals surface area (Å²) in [7, 11) is -3.14. The zero-order valence-electron chi connectivity index (χ0n) is 16.0. The van der Waals surface area contributed by atoms with E-state index in [4.69, 9.17) is 4.42 Å². The molecular formula is C21H24N2O5S. The molecule has 2 aromatic rings. The van der Waals surface area contributed by atoms with Gasteiger partial charge < -0.3 is 14.6 Å². The van der Waals surface area contributed by atoms with Gasteiger partial charge >= 0.3 is 0 Å². The summed E-state index contributed by atoms with van der Waals surface area (Å²) in [4.78, 5) is 26.2. The van der Waals surface area contributed by atoms with Crippen molar-refractivity contribution in [1.29, 1.82) is 0 Å². The first-order valence-electron chi connectivity index (χ1n) is 9.37. The van der Waals surface area contributed by atoms with Gasteiger partial charge in [0.1, 0.15) is 5.76 Å². The van der Waals surface area contributed by atoms with Gasteiger partial charge in [0, 0.05) is 12.6 Å². The predicted molar refractivity (Wildman–Crippen MR) is 109 cm³/mol. The van der Waals surface area contributed by atoms with Crippen molar-refractivity contribution in [3.05, 3.63) is 72.2 Å². The Morgan fingerprint density at radius 1 is 1.21 bits per heavy atom. The predicted octanol–water partition coefficient (Wildman–Crippen LogP) is 1.84. The van der Waals surface area contributed by atoms with Crippen LogP contribution in [0.15, 0.2) is 59.7 Å². The molecule has 0 saturated carbocycles. The maximum atomic E-state index is 13.2. The summed E-state index contributed by atoms with van der Waals surface area (Å²) in [5.74, 6) is 0.196. The van der Waals surface area contributed by atoms with E-state index < -0.39 is 9.84 Å². The summed E-state index contributed by atoms with van der Waals surface area (Å²) in [6.45, 7) is 3.93. The van der Waals surface area contributed by atoms with Crippen LogP contribution in [0, 0.1) is 0 Å². The van der Waals surface area contributed by atoms with Crippen molar-refractivity contribution in [1.82, 2.24) is 10.2 Å². The molecule has 2 heterocycles. The van der Waals surface area contributed by atoms with E-state index in [9.17, 15) is 18.0 Å². The molecule has 7 nitrogen and oxygen atoms in total. The molecule has 29 heavy (non-hydrogen) atoms. The van der Waals surface area contributed by atoms with Crippen molar-refractivity contribution in [2.75, 3.05) is 11.5 Å². The lowest BCUT2D eigenvalue weighted by Gasteiger charge is -2.28. The maximum Gasteiger partial charge on any atom is 0.243 e. The number of carbonyl (C=O) groups excluding carboxylic acids is 2. The Balaban J connectivity index is 1.78. The lowest BCUT2D eigenvalue weighted by atomic mass is 10.0. The van der Waals surface area contributed by atoms with Crippen LogP contribution in [0.4, 0.5) is 0 Å². The van der Waals surface area contributed by atoms with E-state index in [1.807, 2.05) is 24.3 Å². The highest BCUT2D eigenvalue weighted by Gasteiger charge is 2.35. The Morgan fingerprint density at radius 3 is 2.59 bits per heavy atom. The van der Waals surface area contributed by atoms with Crippen molar-refractivity contribution in [3.63, 3.8) is 0 Å². The molecule has 8 heteroatoms. The third-order valence-electron chi connectivity index (χ3n) is 4.97. The number of nitrogens with one attached hydrogen (secondary N) is 1. The van der Waals surface area contributed by atoms with Gasteiger partial charge in [-0.25, -0.2) is 8.42 Å². The smallest absolute Gasteiger partial charge is 0.243 e. The molecule has 1 unspecified atom stereocenters. The second-order valence-electron chi connectivity index (χ2n) is 7.03. The fourth-order valence-corrected chi connectivity index (χ4v) is 5.16. The van der Waals surface area contributed by atoms with Crippen molar-refractivity contribution >= 4 is 21.7 Å². The molecule has 0 bridgehead atoms. The van der Waals surface area contributed by atoms with Gasteiger partial charge in [0.05, 0.1) is 30.7 Å². The fourth-order valence-electron chi connectivity index (χ4n) is 3.43. The van der Waals surface area contributed by atoms with Gasteiger partial charge in [-0.3, -0.25) is 9.59 Å². The highest BCUT2D eigenvalue weighted by Crippen LogP contribution is 2.22. The number of rotatable bonds is 8. The SMILES string of the molecule is C=CC(=O)NCc1ccccc1CC(=O)N(Cc1ccco1)C1CCS(=O)(=O)C1. The molecule has 1 N–H and O–H groups in total. The molecular weight excluding hydrogens is 392 g/mol. The Morgan fingerprint density at radius 2 is 1.97 bits per heavy atom. The molecule has 154 valence electrons. The Hall–Kier alpha value is -2.87. The number of benzene rings is 1. The Labute approximate surface area is 170 Å². The lowest BCUT2D eigenvalue weighted by molar-refractivity contribution is -0.133. The summed E-state index contributed by atoms with van der Waals surface area (Å²) in [5.41, 5.74) is 1.61. The summed E-state index contributed by atoms with van der Waals surface area (Å²) >= 11 is 0. The zero-order chi connectivity index (χ0) is 20.9. The third-order valence-corrected chi connectivity index (χ3v) is 6.72. The largest absolute Gasteiger partial charge is 0.467 e. The van der Waals surface area contributed by atoms with E-state index in [1.165, 1.54) is 12.3 Å². The number of hydrogen-bond acceptors (Lipinski definition) is 5. The number of amides is 2. The lowest BCUT2D eigenvalue weighted by Crippen LogP contribution is -2.41. The quantitative estimate of drug-likeness (QED) is 0.663. The van der Waals surface area contributed by atoms with Crippen LogP contribution in [0.5, 0.6) is 0 Å². The van der Waals surface area contributed by atoms with Crippen LogP contribution in [0.3, 0.4) is 0 Å². The van der Waals surface area contributed by atoms with E-state index in [0.29, 0.717) is 12.2 Å². The van der Waals surface area contributed by atoms with Gasteiger partial charge in [0.15, 0.2) is 9.84 Å². The topological polar surface area (TPSA) is 96.7 Å². The van der Waals surface area contributed by atoms with Gasteiger partial charge in [-0.2, -0.15) is 0 Å². The summed E-state index contributed by atoms with van der Waals surface area (Å²) in [6.07, 6.45) is 3.25. The van der Waals surface area contributed by atoms with Crippen LogP contribution in [-0.4, -0.2) is 42.7 Å². The molecule has 3 rings (SSSR count). The normalized spacial score (nSPS) is 17.6. The Kier molecular flexibility index (Phi) is 6.53. The molecule has 0 aliphatic carbocycles. The second kappa shape index (κ2) is 9.09. The molecule has 1 fully saturated rings. The van der Waals surface area contributed by atoms with E-state index >= 15 is 0 Å². The highest BCUT2D eigenvalue weighted by molar-refractivity contribution is 7.91. The van der Waals surface area contributed by atoms with Crippen LogP contribution >= 0.6 is 0 Å². The van der Waals surface area contributed by atoms with Gasteiger partial charge in [-0.1, -0.05) is 30.8 Å². The third kappa shape index (κ3) is 5.57. The Bertz CT molecular complexity index is 982. The molecule has 1 aromatic carbocycles. The molecule has 1 aliphatic heterocycles. The van der Waals surface area contributed by atoms with E-state index in [0.717, 1.165) is 11.1 Å². The summed E-state index contributed by atoms with van der Waals surface area (Å²) in [5, 5.41) is 2.72. The standard InChI is InChI=1S/C21H24N2O5S/c1-2-20(24)22-13-17-7-4-3-6-16(17)12-21(25)23(14-19-8-5-10-28-19)18-9-11-29(26,27)15-18/h2-8,10,18H,1,9,11-15H2,(H,22,24). The van der Waals surface area contributed by atoms with Crippen LogP contribution < -0.4 is 5.32 Å². The molecule has 0 radical (unpaired) electrons. The molecule has 1 saturated heterocycles. The van der Waals surface area contributed by atoms with E-state index in [1.54, 1.807) is 17.0 Å². The van der Waals surface area contributed by atoms with Crippen molar-refractivity contribution in [2.45, 2.75) is 32.0 Å². The molecule has 1 aliphatic rings. The summed E-state index contributed by atoms with van der Waals surface area (Å²) < 4.78 is 29.3. The van der Waals surface area contributed by atoms with Crippen LogP contribution in [0.25, 0.3) is 0 Å². The second-order valence-corrected chi connectivity index (χ2v) is 9.25. The van der Waals surface area contributed by atoms with Gasteiger partial charge in [-0.05, 0) is 35.8 Å². The summed E-state index contributed by atoms with van der Waals surface area (Å²) in [6, 6.07) is 10.5. The zero-order valence-corrected chi connectivity index (χ0v) is 16.9. The monoisotopic (exact) mass is 416 g/mol. The van der Waals surface area contributed by atoms with Gasteiger partial charge in [0.25, 0.3) is 0 Å². The minimum atomic E-state index is -3.14. The fraction of sp³-hybridized carbons (Fsp3) is 0.333. The number of furan rings is 1. The van der Waals surface area contributed by atoms with E-state index in [-0.39, 0.29) is 48.9 Å². The first-order valence-corrected chi connectivity index (χ1v) is 11.2. The van der Waals surface area contributed by atoms with E-state index in [2.05, 4.69) is 11.9 Å². The van der Waals surface area contributed by atoms with Crippen molar-refractivity contribution < 1.29 is 22.4 Å². The average molecular weight is 416 g/mol.